The largest absolute Gasteiger partial charge is 0.507 e. The van der Waals surface area contributed by atoms with Crippen molar-refractivity contribution in [1.29, 1.82) is 0 Å². The van der Waals surface area contributed by atoms with E-state index in [-0.39, 0.29) is 16.2 Å². The minimum atomic E-state index is -3.90. The smallest absolute Gasteiger partial charge is 0.341 e. The van der Waals surface area contributed by atoms with E-state index in [0.29, 0.717) is 0 Å². The SMILES string of the molecule is COC(=O)c1cc(S(=O)(=O)OC)ccc1O. The number of methoxy groups -OCH3 is 1. The van der Waals surface area contributed by atoms with Gasteiger partial charge in [-0.15, -0.1) is 0 Å². The first-order chi connectivity index (χ1) is 7.42. The number of carbonyl (C=O) groups is 1. The predicted octanol–water partition coefficient (Wildman–Crippen LogP) is 0.514. The van der Waals surface area contributed by atoms with Crippen LogP contribution in [0, 0.1) is 0 Å². The first-order valence-corrected chi connectivity index (χ1v) is 5.55. The van der Waals surface area contributed by atoms with Crippen molar-refractivity contribution >= 4 is 16.1 Å². The molecule has 1 rings (SSSR count). The van der Waals surface area contributed by atoms with Crippen molar-refractivity contribution in [2.75, 3.05) is 14.2 Å². The van der Waals surface area contributed by atoms with E-state index < -0.39 is 16.1 Å². The van der Waals surface area contributed by atoms with Crippen molar-refractivity contribution in [3.63, 3.8) is 0 Å². The van der Waals surface area contributed by atoms with Crippen LogP contribution in [-0.2, 0) is 19.0 Å². The monoisotopic (exact) mass is 246 g/mol. The Hall–Kier alpha value is -1.60. The maximum Gasteiger partial charge on any atom is 0.341 e. The average Bonchev–Trinajstić information content (AvgIpc) is 2.28. The molecule has 7 heteroatoms. The van der Waals surface area contributed by atoms with E-state index in [2.05, 4.69) is 8.92 Å². The Morgan fingerprint density at radius 3 is 2.44 bits per heavy atom. The molecule has 0 aliphatic carbocycles. The molecular weight excluding hydrogens is 236 g/mol. The molecule has 0 saturated carbocycles. The predicted molar refractivity (Wildman–Crippen MR) is 53.6 cm³/mol. The van der Waals surface area contributed by atoms with Gasteiger partial charge >= 0.3 is 5.97 Å². The molecule has 0 aromatic heterocycles. The molecule has 1 aromatic carbocycles. The molecule has 1 N–H and O–H groups in total. The highest BCUT2D eigenvalue weighted by atomic mass is 32.2. The fourth-order valence-electron chi connectivity index (χ4n) is 1.04. The molecule has 0 radical (unpaired) electrons. The van der Waals surface area contributed by atoms with Gasteiger partial charge in [-0.05, 0) is 18.2 Å². The second kappa shape index (κ2) is 4.50. The van der Waals surface area contributed by atoms with Crippen molar-refractivity contribution in [2.45, 2.75) is 4.90 Å². The van der Waals surface area contributed by atoms with Crippen molar-refractivity contribution < 1.29 is 27.2 Å². The molecule has 16 heavy (non-hydrogen) atoms. The van der Waals surface area contributed by atoms with Crippen LogP contribution < -0.4 is 0 Å². The van der Waals surface area contributed by atoms with Gasteiger partial charge in [0.2, 0.25) is 0 Å². The third-order valence-corrected chi connectivity index (χ3v) is 3.15. The molecule has 0 bridgehead atoms. The van der Waals surface area contributed by atoms with E-state index in [9.17, 15) is 18.3 Å². The molecule has 0 saturated heterocycles. The number of hydrogen-bond donors (Lipinski definition) is 1. The number of ether oxygens (including phenoxy) is 1. The minimum Gasteiger partial charge on any atom is -0.507 e. The number of rotatable bonds is 3. The second-order valence-electron chi connectivity index (χ2n) is 2.79. The zero-order chi connectivity index (χ0) is 12.3. The lowest BCUT2D eigenvalue weighted by Crippen LogP contribution is -2.07. The van der Waals surface area contributed by atoms with Crippen LogP contribution >= 0.6 is 0 Å². The van der Waals surface area contributed by atoms with Crippen molar-refractivity contribution in [2.24, 2.45) is 0 Å². The van der Waals surface area contributed by atoms with Crippen LogP contribution in [0.15, 0.2) is 23.1 Å². The number of aromatic hydroxyl groups is 1. The lowest BCUT2D eigenvalue weighted by molar-refractivity contribution is 0.0597. The molecule has 0 heterocycles. The Kier molecular flexibility index (Phi) is 3.51. The molecule has 0 atom stereocenters. The summed E-state index contributed by atoms with van der Waals surface area (Å²) in [6.45, 7) is 0. The summed E-state index contributed by atoms with van der Waals surface area (Å²) in [5, 5.41) is 9.34. The molecule has 6 nitrogen and oxygen atoms in total. The lowest BCUT2D eigenvalue weighted by Gasteiger charge is -2.05. The normalized spacial score (nSPS) is 11.1. The third kappa shape index (κ3) is 2.31. The van der Waals surface area contributed by atoms with Gasteiger partial charge in [0.1, 0.15) is 11.3 Å². The third-order valence-electron chi connectivity index (χ3n) is 1.88. The fourth-order valence-corrected chi connectivity index (χ4v) is 1.73. The molecule has 0 fully saturated rings. The number of phenols is 1. The molecule has 0 aliphatic rings. The molecule has 88 valence electrons. The summed E-state index contributed by atoms with van der Waals surface area (Å²) >= 11 is 0. The molecule has 0 aliphatic heterocycles. The number of phenolic OH excluding ortho intramolecular Hbond substituents is 1. The van der Waals surface area contributed by atoms with E-state index in [0.717, 1.165) is 32.4 Å². The summed E-state index contributed by atoms with van der Waals surface area (Å²) in [4.78, 5) is 11.0. The topological polar surface area (TPSA) is 89.9 Å². The van der Waals surface area contributed by atoms with Crippen LogP contribution in [0.25, 0.3) is 0 Å². The highest BCUT2D eigenvalue weighted by Gasteiger charge is 2.18. The minimum absolute atomic E-state index is 0.229. The van der Waals surface area contributed by atoms with Gasteiger partial charge in [0.25, 0.3) is 10.1 Å². The molecule has 0 unspecified atom stereocenters. The van der Waals surface area contributed by atoms with Gasteiger partial charge in [0.15, 0.2) is 0 Å². The molecular formula is C9H10O6S. The van der Waals surface area contributed by atoms with Crippen LogP contribution in [0.2, 0.25) is 0 Å². The van der Waals surface area contributed by atoms with Gasteiger partial charge in [0.05, 0.1) is 19.1 Å². The van der Waals surface area contributed by atoms with Crippen LogP contribution in [0.3, 0.4) is 0 Å². The van der Waals surface area contributed by atoms with Crippen molar-refractivity contribution in [3.8, 4) is 5.75 Å². The number of hydrogen-bond acceptors (Lipinski definition) is 6. The Balaban J connectivity index is 3.34. The maximum atomic E-state index is 11.3. The van der Waals surface area contributed by atoms with E-state index >= 15 is 0 Å². The van der Waals surface area contributed by atoms with Crippen LogP contribution in [-0.4, -0.2) is 33.7 Å². The number of esters is 1. The summed E-state index contributed by atoms with van der Waals surface area (Å²) in [6, 6.07) is 3.19. The molecule has 1 aromatic rings. The Bertz CT molecular complexity index is 505. The zero-order valence-corrected chi connectivity index (χ0v) is 9.45. The van der Waals surface area contributed by atoms with Crippen LogP contribution in [0.4, 0.5) is 0 Å². The highest BCUT2D eigenvalue weighted by Crippen LogP contribution is 2.22. The van der Waals surface area contributed by atoms with Crippen molar-refractivity contribution in [1.82, 2.24) is 0 Å². The maximum absolute atomic E-state index is 11.3. The fraction of sp³-hybridized carbons (Fsp3) is 0.222. The summed E-state index contributed by atoms with van der Waals surface area (Å²) in [5.41, 5.74) is -0.236. The summed E-state index contributed by atoms with van der Waals surface area (Å²) in [5.74, 6) is -1.19. The van der Waals surface area contributed by atoms with E-state index in [1.165, 1.54) is 0 Å². The highest BCUT2D eigenvalue weighted by molar-refractivity contribution is 7.86. The van der Waals surface area contributed by atoms with E-state index in [1.54, 1.807) is 0 Å². The lowest BCUT2D eigenvalue weighted by atomic mass is 10.2. The second-order valence-corrected chi connectivity index (χ2v) is 4.50. The Labute approximate surface area is 92.5 Å². The zero-order valence-electron chi connectivity index (χ0n) is 8.63. The Morgan fingerprint density at radius 2 is 1.94 bits per heavy atom. The number of benzene rings is 1. The first-order valence-electron chi connectivity index (χ1n) is 4.14. The van der Waals surface area contributed by atoms with Crippen LogP contribution in [0.5, 0.6) is 5.75 Å². The van der Waals surface area contributed by atoms with E-state index in [1.807, 2.05) is 0 Å². The van der Waals surface area contributed by atoms with Gasteiger partial charge in [-0.3, -0.25) is 4.18 Å². The molecule has 0 spiro atoms. The quantitative estimate of drug-likeness (QED) is 0.617. The van der Waals surface area contributed by atoms with Crippen LogP contribution in [0.1, 0.15) is 10.4 Å². The van der Waals surface area contributed by atoms with Crippen molar-refractivity contribution in [3.05, 3.63) is 23.8 Å². The first kappa shape index (κ1) is 12.5. The Morgan fingerprint density at radius 1 is 1.31 bits per heavy atom. The standard InChI is InChI=1S/C9H10O6S/c1-14-9(11)7-5-6(3-4-8(7)10)16(12,13)15-2/h3-5,10H,1-2H3. The van der Waals surface area contributed by atoms with Gasteiger partial charge in [-0.1, -0.05) is 0 Å². The van der Waals surface area contributed by atoms with Gasteiger partial charge < -0.3 is 9.84 Å². The summed E-state index contributed by atoms with van der Waals surface area (Å²) in [6.07, 6.45) is 0. The number of carbonyl (C=O) groups excluding carboxylic acids is 1. The van der Waals surface area contributed by atoms with Gasteiger partial charge in [0, 0.05) is 0 Å². The van der Waals surface area contributed by atoms with E-state index in [4.69, 9.17) is 0 Å². The average molecular weight is 246 g/mol. The van der Waals surface area contributed by atoms with Gasteiger partial charge in [-0.25, -0.2) is 4.79 Å². The summed E-state index contributed by atoms with van der Waals surface area (Å²) in [7, 11) is -1.77. The summed E-state index contributed by atoms with van der Waals surface area (Å²) < 4.78 is 31.3. The molecule has 0 amide bonds. The van der Waals surface area contributed by atoms with Gasteiger partial charge in [-0.2, -0.15) is 8.42 Å².